The molecule has 0 radical (unpaired) electrons. The number of anilines is 1. The molecule has 0 bridgehead atoms. The van der Waals surface area contributed by atoms with Crippen molar-refractivity contribution >= 4 is 25.5 Å². The maximum atomic E-state index is 12.9. The van der Waals surface area contributed by atoms with E-state index in [1.807, 2.05) is 0 Å². The summed E-state index contributed by atoms with van der Waals surface area (Å²) in [6.07, 6.45) is -3.41. The fraction of sp³-hybridized carbons (Fsp3) is 0.333. The third-order valence-electron chi connectivity index (χ3n) is 4.67. The fourth-order valence-corrected chi connectivity index (χ4v) is 5.13. The Morgan fingerprint density at radius 2 is 1.38 bits per heavy atom. The lowest BCUT2D eigenvalue weighted by Gasteiger charge is -2.35. The Morgan fingerprint density at radius 1 is 0.828 bits per heavy atom. The lowest BCUT2D eigenvalue weighted by molar-refractivity contribution is -0.137. The van der Waals surface area contributed by atoms with Gasteiger partial charge in [-0.1, -0.05) is 6.07 Å². The van der Waals surface area contributed by atoms with Crippen LogP contribution >= 0.6 is 0 Å². The zero-order chi connectivity index (χ0) is 21.4. The minimum Gasteiger partial charge on any atom is -0.369 e. The summed E-state index contributed by atoms with van der Waals surface area (Å²) in [7, 11) is -7.27. The number of sulfone groups is 1. The normalized spacial score (nSPS) is 16.8. The zero-order valence-corrected chi connectivity index (χ0v) is 17.1. The average molecular weight is 448 g/mol. The summed E-state index contributed by atoms with van der Waals surface area (Å²) in [5.74, 6) is 0. The number of nitrogens with zero attached hydrogens (tertiary/aromatic N) is 2. The van der Waals surface area contributed by atoms with Gasteiger partial charge in [0.2, 0.25) is 10.0 Å². The fourth-order valence-electron chi connectivity index (χ4n) is 3.07. The van der Waals surface area contributed by atoms with Gasteiger partial charge in [-0.2, -0.15) is 17.5 Å². The van der Waals surface area contributed by atoms with Crippen molar-refractivity contribution in [2.45, 2.75) is 16.0 Å². The molecule has 1 aliphatic rings. The Labute approximate surface area is 167 Å². The van der Waals surface area contributed by atoms with Crippen LogP contribution in [-0.2, 0) is 26.0 Å². The molecule has 0 saturated carbocycles. The predicted molar refractivity (Wildman–Crippen MR) is 102 cm³/mol. The Morgan fingerprint density at radius 3 is 1.90 bits per heavy atom. The van der Waals surface area contributed by atoms with Gasteiger partial charge in [0.15, 0.2) is 9.84 Å². The number of piperazine rings is 1. The second-order valence-corrected chi connectivity index (χ2v) is 10.6. The second kappa shape index (κ2) is 7.62. The summed E-state index contributed by atoms with van der Waals surface area (Å²) in [4.78, 5) is 1.69. The SMILES string of the molecule is CS(=O)(=O)c1ccc(S(=O)(=O)N2CCN(c3cccc(C(F)(F)F)c3)CC2)cc1. The molecule has 1 heterocycles. The van der Waals surface area contributed by atoms with Gasteiger partial charge in [0.1, 0.15) is 0 Å². The molecule has 2 aromatic rings. The first-order valence-electron chi connectivity index (χ1n) is 8.61. The number of benzene rings is 2. The lowest BCUT2D eigenvalue weighted by Crippen LogP contribution is -2.48. The second-order valence-electron chi connectivity index (χ2n) is 6.68. The van der Waals surface area contributed by atoms with E-state index in [2.05, 4.69) is 0 Å². The highest BCUT2D eigenvalue weighted by Crippen LogP contribution is 2.32. The van der Waals surface area contributed by atoms with Crippen molar-refractivity contribution in [2.75, 3.05) is 37.3 Å². The molecule has 3 rings (SSSR count). The van der Waals surface area contributed by atoms with Crippen molar-refractivity contribution in [3.63, 3.8) is 0 Å². The zero-order valence-electron chi connectivity index (χ0n) is 15.4. The molecule has 0 aliphatic carbocycles. The average Bonchev–Trinajstić information content (AvgIpc) is 2.67. The summed E-state index contributed by atoms with van der Waals surface area (Å²) in [5.41, 5.74) is -0.370. The summed E-state index contributed by atoms with van der Waals surface area (Å²) in [6, 6.07) is 9.88. The van der Waals surface area contributed by atoms with Gasteiger partial charge >= 0.3 is 6.18 Å². The van der Waals surface area contributed by atoms with E-state index < -0.39 is 31.6 Å². The molecule has 1 fully saturated rings. The van der Waals surface area contributed by atoms with Crippen LogP contribution in [0.2, 0.25) is 0 Å². The Kier molecular flexibility index (Phi) is 5.67. The van der Waals surface area contributed by atoms with Gasteiger partial charge in [0.05, 0.1) is 15.4 Å². The molecule has 0 unspecified atom stereocenters. The minimum absolute atomic E-state index is 0.0193. The molecule has 1 aliphatic heterocycles. The Balaban J connectivity index is 1.73. The molecular weight excluding hydrogens is 429 g/mol. The number of alkyl halides is 3. The standard InChI is InChI=1S/C18H19F3N2O4S2/c1-28(24,25)16-5-7-17(8-6-16)29(26,27)23-11-9-22(10-12-23)15-4-2-3-14(13-15)18(19,20)21/h2-8,13H,9-12H2,1H3. The molecule has 0 amide bonds. The van der Waals surface area contributed by atoms with Gasteiger partial charge in [-0.05, 0) is 42.5 Å². The van der Waals surface area contributed by atoms with Gasteiger partial charge < -0.3 is 4.90 Å². The van der Waals surface area contributed by atoms with Crippen LogP contribution in [0.15, 0.2) is 58.3 Å². The third kappa shape index (κ3) is 4.73. The molecule has 2 aromatic carbocycles. The molecule has 6 nitrogen and oxygen atoms in total. The van der Waals surface area contributed by atoms with Crippen LogP contribution in [0.3, 0.4) is 0 Å². The first-order chi connectivity index (χ1) is 13.4. The predicted octanol–water partition coefficient (Wildman–Crippen LogP) is 2.62. The van der Waals surface area contributed by atoms with E-state index in [-0.39, 0.29) is 36.0 Å². The molecule has 158 valence electrons. The van der Waals surface area contributed by atoms with Crippen molar-refractivity contribution in [1.29, 1.82) is 0 Å². The van der Waals surface area contributed by atoms with Crippen LogP contribution in [0.4, 0.5) is 18.9 Å². The van der Waals surface area contributed by atoms with E-state index in [1.54, 1.807) is 11.0 Å². The highest BCUT2D eigenvalue weighted by Gasteiger charge is 2.32. The maximum absolute atomic E-state index is 12.9. The van der Waals surface area contributed by atoms with E-state index in [9.17, 15) is 30.0 Å². The number of hydrogen-bond acceptors (Lipinski definition) is 5. The quantitative estimate of drug-likeness (QED) is 0.719. The largest absolute Gasteiger partial charge is 0.416 e. The van der Waals surface area contributed by atoms with E-state index >= 15 is 0 Å². The first kappa shape index (κ1) is 21.6. The minimum atomic E-state index is -4.45. The third-order valence-corrected chi connectivity index (χ3v) is 7.71. The van der Waals surface area contributed by atoms with Crippen molar-refractivity contribution in [3.05, 3.63) is 54.1 Å². The monoisotopic (exact) mass is 448 g/mol. The molecule has 29 heavy (non-hydrogen) atoms. The molecular formula is C18H19F3N2O4S2. The first-order valence-corrected chi connectivity index (χ1v) is 11.9. The van der Waals surface area contributed by atoms with E-state index in [0.29, 0.717) is 5.69 Å². The van der Waals surface area contributed by atoms with Crippen LogP contribution in [0, 0.1) is 0 Å². The number of sulfonamides is 1. The Bertz CT molecular complexity index is 1090. The molecule has 0 N–H and O–H groups in total. The van der Waals surface area contributed by atoms with Gasteiger partial charge in [0, 0.05) is 38.1 Å². The highest BCUT2D eigenvalue weighted by atomic mass is 32.2. The summed E-state index contributed by atoms with van der Waals surface area (Å²) in [6.45, 7) is 0.683. The number of halogens is 3. The summed E-state index contributed by atoms with van der Waals surface area (Å²) >= 11 is 0. The van der Waals surface area contributed by atoms with Gasteiger partial charge in [0.25, 0.3) is 0 Å². The number of rotatable bonds is 4. The van der Waals surface area contributed by atoms with E-state index in [1.165, 1.54) is 34.6 Å². The van der Waals surface area contributed by atoms with Crippen LogP contribution in [0.25, 0.3) is 0 Å². The lowest BCUT2D eigenvalue weighted by atomic mass is 10.1. The van der Waals surface area contributed by atoms with Crippen LogP contribution in [0.5, 0.6) is 0 Å². The van der Waals surface area contributed by atoms with Crippen molar-refractivity contribution < 1.29 is 30.0 Å². The Hall–Kier alpha value is -2.11. The topological polar surface area (TPSA) is 74.8 Å². The number of hydrogen-bond donors (Lipinski definition) is 0. The highest BCUT2D eigenvalue weighted by molar-refractivity contribution is 7.90. The molecule has 0 atom stereocenters. The van der Waals surface area contributed by atoms with Crippen molar-refractivity contribution in [2.24, 2.45) is 0 Å². The van der Waals surface area contributed by atoms with Crippen molar-refractivity contribution in [3.8, 4) is 0 Å². The molecule has 0 spiro atoms. The van der Waals surface area contributed by atoms with Crippen LogP contribution in [-0.4, -0.2) is 53.6 Å². The van der Waals surface area contributed by atoms with E-state index in [4.69, 9.17) is 0 Å². The van der Waals surface area contributed by atoms with Crippen molar-refractivity contribution in [1.82, 2.24) is 4.31 Å². The van der Waals surface area contributed by atoms with Gasteiger partial charge in [-0.3, -0.25) is 0 Å². The summed E-state index contributed by atoms with van der Waals surface area (Å²) < 4.78 is 88.5. The summed E-state index contributed by atoms with van der Waals surface area (Å²) in [5, 5.41) is 0. The molecule has 1 saturated heterocycles. The molecule has 0 aromatic heterocycles. The van der Waals surface area contributed by atoms with Crippen LogP contribution < -0.4 is 4.90 Å². The van der Waals surface area contributed by atoms with Crippen LogP contribution in [0.1, 0.15) is 5.56 Å². The van der Waals surface area contributed by atoms with Gasteiger partial charge in [-0.15, -0.1) is 0 Å². The molecule has 11 heteroatoms. The maximum Gasteiger partial charge on any atom is 0.416 e. The smallest absolute Gasteiger partial charge is 0.369 e. The van der Waals surface area contributed by atoms with Gasteiger partial charge in [-0.25, -0.2) is 16.8 Å². The van der Waals surface area contributed by atoms with E-state index in [0.717, 1.165) is 18.4 Å².